The first-order valence-corrected chi connectivity index (χ1v) is 6.58. The first-order valence-electron chi connectivity index (χ1n) is 6.58. The van der Waals surface area contributed by atoms with Crippen LogP contribution in [0.1, 0.15) is 31.3 Å². The highest BCUT2D eigenvalue weighted by molar-refractivity contribution is 5.23. The molecule has 5 nitrogen and oxygen atoms in total. The SMILES string of the molecule is CCNC(c1ccn(C)c(=O)c1)c1nccn1CC. The number of hydrogen-bond donors (Lipinski definition) is 1. The zero-order valence-electron chi connectivity index (χ0n) is 11.6. The lowest BCUT2D eigenvalue weighted by atomic mass is 10.1. The highest BCUT2D eigenvalue weighted by Gasteiger charge is 2.18. The molecule has 2 heterocycles. The Morgan fingerprint density at radius 2 is 2.16 bits per heavy atom. The maximum atomic E-state index is 11.8. The molecule has 0 amide bonds. The minimum atomic E-state index is -0.0474. The van der Waals surface area contributed by atoms with Crippen molar-refractivity contribution in [3.05, 3.63) is 52.5 Å². The van der Waals surface area contributed by atoms with Gasteiger partial charge >= 0.3 is 0 Å². The molecule has 0 aliphatic rings. The Morgan fingerprint density at radius 1 is 1.37 bits per heavy atom. The molecule has 0 aliphatic carbocycles. The van der Waals surface area contributed by atoms with Crippen molar-refractivity contribution in [2.75, 3.05) is 6.54 Å². The number of nitrogens with zero attached hydrogens (tertiary/aromatic N) is 3. The molecule has 0 aromatic carbocycles. The van der Waals surface area contributed by atoms with Gasteiger partial charge in [0.1, 0.15) is 5.82 Å². The lowest BCUT2D eigenvalue weighted by Crippen LogP contribution is -2.27. The second-order valence-electron chi connectivity index (χ2n) is 4.47. The van der Waals surface area contributed by atoms with Crippen molar-refractivity contribution in [3.63, 3.8) is 0 Å². The van der Waals surface area contributed by atoms with E-state index in [9.17, 15) is 4.79 Å². The fourth-order valence-corrected chi connectivity index (χ4v) is 2.15. The van der Waals surface area contributed by atoms with Crippen molar-refractivity contribution in [1.29, 1.82) is 0 Å². The van der Waals surface area contributed by atoms with E-state index >= 15 is 0 Å². The van der Waals surface area contributed by atoms with Crippen LogP contribution < -0.4 is 10.9 Å². The van der Waals surface area contributed by atoms with Crippen LogP contribution in [0.3, 0.4) is 0 Å². The van der Waals surface area contributed by atoms with Crippen molar-refractivity contribution in [2.24, 2.45) is 7.05 Å². The number of aromatic nitrogens is 3. The van der Waals surface area contributed by atoms with Crippen LogP contribution in [0, 0.1) is 0 Å². The molecule has 0 spiro atoms. The van der Waals surface area contributed by atoms with Crippen molar-refractivity contribution < 1.29 is 0 Å². The monoisotopic (exact) mass is 260 g/mol. The maximum Gasteiger partial charge on any atom is 0.250 e. The van der Waals surface area contributed by atoms with Crippen molar-refractivity contribution in [2.45, 2.75) is 26.4 Å². The quantitative estimate of drug-likeness (QED) is 0.881. The van der Waals surface area contributed by atoms with E-state index in [0.717, 1.165) is 24.5 Å². The van der Waals surface area contributed by atoms with E-state index in [1.165, 1.54) is 0 Å². The van der Waals surface area contributed by atoms with Gasteiger partial charge < -0.3 is 14.5 Å². The average Bonchev–Trinajstić information content (AvgIpc) is 2.87. The third-order valence-electron chi connectivity index (χ3n) is 3.22. The number of nitrogens with one attached hydrogen (secondary N) is 1. The van der Waals surface area contributed by atoms with E-state index in [4.69, 9.17) is 0 Å². The molecule has 2 aromatic rings. The van der Waals surface area contributed by atoms with E-state index in [0.29, 0.717) is 0 Å². The number of pyridine rings is 1. The fraction of sp³-hybridized carbons (Fsp3) is 0.429. The zero-order valence-corrected chi connectivity index (χ0v) is 11.6. The molecule has 2 aromatic heterocycles. The summed E-state index contributed by atoms with van der Waals surface area (Å²) in [5.41, 5.74) is 0.945. The molecule has 1 N–H and O–H groups in total. The zero-order chi connectivity index (χ0) is 13.8. The Balaban J connectivity index is 2.45. The predicted molar refractivity (Wildman–Crippen MR) is 75.1 cm³/mol. The van der Waals surface area contributed by atoms with Crippen LogP contribution in [0.25, 0.3) is 0 Å². The number of hydrogen-bond acceptors (Lipinski definition) is 3. The van der Waals surface area contributed by atoms with Crippen LogP contribution >= 0.6 is 0 Å². The second kappa shape index (κ2) is 5.84. The summed E-state index contributed by atoms with van der Waals surface area (Å²) in [6.07, 6.45) is 5.55. The largest absolute Gasteiger partial charge is 0.334 e. The molecule has 0 fully saturated rings. The van der Waals surface area contributed by atoms with E-state index in [2.05, 4.69) is 21.8 Å². The summed E-state index contributed by atoms with van der Waals surface area (Å²) in [5, 5.41) is 3.39. The third kappa shape index (κ3) is 2.76. The second-order valence-corrected chi connectivity index (χ2v) is 4.47. The van der Waals surface area contributed by atoms with Gasteiger partial charge in [-0.1, -0.05) is 6.92 Å². The first kappa shape index (κ1) is 13.5. The maximum absolute atomic E-state index is 11.8. The van der Waals surface area contributed by atoms with Crippen LogP contribution in [0.2, 0.25) is 0 Å². The Morgan fingerprint density at radius 3 is 2.79 bits per heavy atom. The van der Waals surface area contributed by atoms with Crippen molar-refractivity contribution in [1.82, 2.24) is 19.4 Å². The number of imidazole rings is 1. The molecule has 5 heteroatoms. The van der Waals surface area contributed by atoms with Crippen molar-refractivity contribution >= 4 is 0 Å². The predicted octanol–water partition coefficient (Wildman–Crippen LogP) is 1.30. The molecule has 0 bridgehead atoms. The van der Waals surface area contributed by atoms with Crippen LogP contribution in [0.4, 0.5) is 0 Å². The summed E-state index contributed by atoms with van der Waals surface area (Å²) in [7, 11) is 1.75. The number of aryl methyl sites for hydroxylation is 2. The topological polar surface area (TPSA) is 51.9 Å². The molecular formula is C14H20N4O. The first-order chi connectivity index (χ1) is 9.17. The number of rotatable bonds is 5. The Kier molecular flexibility index (Phi) is 4.16. The summed E-state index contributed by atoms with van der Waals surface area (Å²) in [6.45, 7) is 5.81. The highest BCUT2D eigenvalue weighted by Crippen LogP contribution is 2.19. The van der Waals surface area contributed by atoms with Gasteiger partial charge in [0, 0.05) is 38.2 Å². The van der Waals surface area contributed by atoms with Crippen LogP contribution in [-0.2, 0) is 13.6 Å². The molecule has 0 aliphatic heterocycles. The summed E-state index contributed by atoms with van der Waals surface area (Å²) in [5.74, 6) is 0.942. The smallest absolute Gasteiger partial charge is 0.250 e. The van der Waals surface area contributed by atoms with Crippen molar-refractivity contribution in [3.8, 4) is 0 Å². The normalized spacial score (nSPS) is 12.6. The van der Waals surface area contributed by atoms with E-state index in [1.54, 1.807) is 30.1 Å². The van der Waals surface area contributed by atoms with Gasteiger partial charge in [0.2, 0.25) is 0 Å². The van der Waals surface area contributed by atoms with Gasteiger partial charge in [0.15, 0.2) is 0 Å². The average molecular weight is 260 g/mol. The molecule has 2 rings (SSSR count). The van der Waals surface area contributed by atoms with Crippen LogP contribution in [-0.4, -0.2) is 20.7 Å². The van der Waals surface area contributed by atoms with E-state index in [1.807, 2.05) is 19.2 Å². The molecule has 19 heavy (non-hydrogen) atoms. The van der Waals surface area contributed by atoms with Gasteiger partial charge in [-0.15, -0.1) is 0 Å². The molecule has 0 saturated heterocycles. The molecule has 1 unspecified atom stereocenters. The van der Waals surface area contributed by atoms with E-state index < -0.39 is 0 Å². The van der Waals surface area contributed by atoms with Gasteiger partial charge in [-0.05, 0) is 25.1 Å². The van der Waals surface area contributed by atoms with Crippen LogP contribution in [0.15, 0.2) is 35.5 Å². The lowest BCUT2D eigenvalue weighted by Gasteiger charge is -2.19. The molecule has 0 radical (unpaired) electrons. The van der Waals surface area contributed by atoms with Gasteiger partial charge in [0.05, 0.1) is 6.04 Å². The van der Waals surface area contributed by atoms with Gasteiger partial charge in [-0.25, -0.2) is 4.98 Å². The van der Waals surface area contributed by atoms with E-state index in [-0.39, 0.29) is 11.6 Å². The standard InChI is InChI=1S/C14H20N4O/c1-4-15-13(14-16-7-9-18(14)5-2)11-6-8-17(3)12(19)10-11/h6-10,13,15H,4-5H2,1-3H3. The Hall–Kier alpha value is -1.88. The molecular weight excluding hydrogens is 240 g/mol. The van der Waals surface area contributed by atoms with Crippen LogP contribution in [0.5, 0.6) is 0 Å². The summed E-state index contributed by atoms with van der Waals surface area (Å²) in [4.78, 5) is 16.2. The summed E-state index contributed by atoms with van der Waals surface area (Å²) < 4.78 is 3.66. The summed E-state index contributed by atoms with van der Waals surface area (Å²) >= 11 is 0. The fourth-order valence-electron chi connectivity index (χ4n) is 2.15. The lowest BCUT2D eigenvalue weighted by molar-refractivity contribution is 0.557. The minimum Gasteiger partial charge on any atom is -0.334 e. The highest BCUT2D eigenvalue weighted by atomic mass is 16.1. The van der Waals surface area contributed by atoms with Gasteiger partial charge in [0.25, 0.3) is 5.56 Å². The molecule has 1 atom stereocenters. The Bertz CT molecular complexity index is 599. The molecule has 0 saturated carbocycles. The van der Waals surface area contributed by atoms with Gasteiger partial charge in [-0.2, -0.15) is 0 Å². The minimum absolute atomic E-state index is 0.00462. The van der Waals surface area contributed by atoms with Gasteiger partial charge in [-0.3, -0.25) is 4.79 Å². The molecule has 102 valence electrons. The summed E-state index contributed by atoms with van der Waals surface area (Å²) in [6, 6.07) is 3.58. The Labute approximate surface area is 112 Å². The third-order valence-corrected chi connectivity index (χ3v) is 3.22.